The van der Waals surface area contributed by atoms with Crippen molar-refractivity contribution in [3.8, 4) is 0 Å². The van der Waals surface area contributed by atoms with E-state index in [1.807, 2.05) is 13.8 Å². The van der Waals surface area contributed by atoms with E-state index in [1.54, 1.807) is 31.2 Å². The third kappa shape index (κ3) is 7.12. The Bertz CT molecular complexity index is 587. The molecular weight excluding hydrogens is 374 g/mol. The van der Waals surface area contributed by atoms with Crippen LogP contribution in [0.4, 0.5) is 10.5 Å². The summed E-state index contributed by atoms with van der Waals surface area (Å²) in [6, 6.07) is 6.00. The van der Waals surface area contributed by atoms with Gasteiger partial charge in [-0.15, -0.1) is 0 Å². The maximum Gasteiger partial charge on any atom is 0.319 e. The van der Waals surface area contributed by atoms with Crippen molar-refractivity contribution in [1.29, 1.82) is 0 Å². The van der Waals surface area contributed by atoms with E-state index in [1.165, 1.54) is 0 Å². The molecule has 0 saturated heterocycles. The molecule has 132 valence electrons. The van der Waals surface area contributed by atoms with Crippen molar-refractivity contribution in [2.75, 3.05) is 5.32 Å². The van der Waals surface area contributed by atoms with Crippen molar-refractivity contribution in [2.45, 2.75) is 39.7 Å². The van der Waals surface area contributed by atoms with Gasteiger partial charge in [-0.25, -0.2) is 4.79 Å². The van der Waals surface area contributed by atoms with Gasteiger partial charge in [0, 0.05) is 22.5 Å². The molecule has 24 heavy (non-hydrogen) atoms. The zero-order chi connectivity index (χ0) is 18.3. The summed E-state index contributed by atoms with van der Waals surface area (Å²) < 4.78 is 0.904. The van der Waals surface area contributed by atoms with Gasteiger partial charge >= 0.3 is 6.03 Å². The molecule has 0 heterocycles. The average Bonchev–Trinajstić information content (AvgIpc) is 2.48. The molecule has 2 atom stereocenters. The quantitative estimate of drug-likeness (QED) is 0.627. The van der Waals surface area contributed by atoms with E-state index < -0.39 is 23.9 Å². The number of Topliss-reactive ketones (excluding diaryl/α,β-unsaturated/α-hetero) is 1. The molecule has 0 radical (unpaired) electrons. The molecule has 1 rings (SSSR count). The lowest BCUT2D eigenvalue weighted by atomic mass is 9.94. The Balaban J connectivity index is 2.70. The van der Waals surface area contributed by atoms with Crippen LogP contribution in [0.2, 0.25) is 0 Å². The maximum atomic E-state index is 12.4. The second kappa shape index (κ2) is 9.42. The molecule has 7 heteroatoms. The monoisotopic (exact) mass is 397 g/mol. The summed E-state index contributed by atoms with van der Waals surface area (Å²) in [6.07, 6.45) is 0.517. The predicted octanol–water partition coefficient (Wildman–Crippen LogP) is 3.07. The number of carbonyl (C=O) groups excluding carboxylic acids is 3. The Kier molecular flexibility index (Phi) is 7.91. The Labute approximate surface area is 150 Å². The molecular formula is C17H24BrN3O3. The summed E-state index contributed by atoms with van der Waals surface area (Å²) in [7, 11) is 0. The van der Waals surface area contributed by atoms with Gasteiger partial charge in [0.1, 0.15) is 0 Å². The number of rotatable bonds is 8. The zero-order valence-electron chi connectivity index (χ0n) is 14.1. The minimum atomic E-state index is -0.651. The number of urea groups is 1. The van der Waals surface area contributed by atoms with Crippen molar-refractivity contribution in [2.24, 2.45) is 17.6 Å². The summed E-state index contributed by atoms with van der Waals surface area (Å²) in [5, 5.41) is 5.38. The molecule has 0 fully saturated rings. The highest BCUT2D eigenvalue weighted by Gasteiger charge is 2.25. The van der Waals surface area contributed by atoms with E-state index in [-0.39, 0.29) is 18.1 Å². The van der Waals surface area contributed by atoms with Crippen LogP contribution < -0.4 is 16.4 Å². The summed E-state index contributed by atoms with van der Waals surface area (Å²) in [6.45, 7) is 5.53. The number of hydrogen-bond acceptors (Lipinski definition) is 3. The van der Waals surface area contributed by atoms with E-state index in [9.17, 15) is 14.4 Å². The first-order valence-electron chi connectivity index (χ1n) is 7.84. The van der Waals surface area contributed by atoms with E-state index in [0.717, 1.165) is 4.47 Å². The fourth-order valence-corrected chi connectivity index (χ4v) is 2.41. The molecule has 0 aliphatic rings. The van der Waals surface area contributed by atoms with E-state index in [0.29, 0.717) is 12.1 Å². The highest BCUT2D eigenvalue weighted by atomic mass is 79.9. The molecule has 3 amide bonds. The number of benzene rings is 1. The molecule has 0 spiro atoms. The van der Waals surface area contributed by atoms with Crippen LogP contribution in [0.5, 0.6) is 0 Å². The van der Waals surface area contributed by atoms with Gasteiger partial charge in [-0.1, -0.05) is 36.7 Å². The third-order valence-electron chi connectivity index (χ3n) is 3.50. The van der Waals surface area contributed by atoms with Gasteiger partial charge in [-0.2, -0.15) is 0 Å². The van der Waals surface area contributed by atoms with Gasteiger partial charge in [-0.05, 0) is 36.6 Å². The normalized spacial score (nSPS) is 13.2. The number of ketones is 1. The van der Waals surface area contributed by atoms with E-state index in [2.05, 4.69) is 26.6 Å². The third-order valence-corrected chi connectivity index (χ3v) is 4.02. The van der Waals surface area contributed by atoms with Crippen LogP contribution in [0.25, 0.3) is 0 Å². The zero-order valence-corrected chi connectivity index (χ0v) is 15.7. The fraction of sp³-hybridized carbons (Fsp3) is 0.471. The number of halogens is 1. The summed E-state index contributed by atoms with van der Waals surface area (Å²) in [5.41, 5.74) is 5.83. The number of amides is 3. The van der Waals surface area contributed by atoms with Gasteiger partial charge < -0.3 is 16.4 Å². The predicted molar refractivity (Wildman–Crippen MR) is 97.5 cm³/mol. The first-order valence-corrected chi connectivity index (χ1v) is 8.63. The molecule has 1 aromatic rings. The first-order chi connectivity index (χ1) is 11.2. The van der Waals surface area contributed by atoms with Gasteiger partial charge in [0.25, 0.3) is 0 Å². The standard InChI is InChI=1S/C17H24BrN3O3/c1-10(2)8-14(15(22)9-11(3)16(19)23)21-17(24)20-13-6-4-12(18)5-7-13/h4-7,10-11,14H,8-9H2,1-3H3,(H2,19,23)(H2,20,21,24)/t11-,14+/m1/s1. The minimum absolute atomic E-state index is 0.0191. The minimum Gasteiger partial charge on any atom is -0.369 e. The second-order valence-electron chi connectivity index (χ2n) is 6.26. The van der Waals surface area contributed by atoms with Crippen molar-refractivity contribution in [3.63, 3.8) is 0 Å². The lowest BCUT2D eigenvalue weighted by Gasteiger charge is -2.21. The number of primary amides is 1. The molecule has 4 N–H and O–H groups in total. The van der Waals surface area contributed by atoms with Crippen molar-refractivity contribution >= 4 is 39.3 Å². The summed E-state index contributed by atoms with van der Waals surface area (Å²) in [5.74, 6) is -1.05. The van der Waals surface area contributed by atoms with Crippen molar-refractivity contribution in [3.05, 3.63) is 28.7 Å². The molecule has 6 nitrogen and oxygen atoms in total. The maximum absolute atomic E-state index is 12.4. The molecule has 0 bridgehead atoms. The molecule has 0 aromatic heterocycles. The molecule has 0 saturated carbocycles. The highest BCUT2D eigenvalue weighted by Crippen LogP contribution is 2.15. The lowest BCUT2D eigenvalue weighted by molar-refractivity contribution is -0.127. The van der Waals surface area contributed by atoms with Crippen LogP contribution in [0.3, 0.4) is 0 Å². The molecule has 0 aliphatic carbocycles. The Hall–Kier alpha value is -1.89. The summed E-state index contributed by atoms with van der Waals surface area (Å²) in [4.78, 5) is 35.6. The number of carbonyl (C=O) groups is 3. The lowest BCUT2D eigenvalue weighted by Crippen LogP contribution is -2.44. The second-order valence-corrected chi connectivity index (χ2v) is 7.18. The van der Waals surface area contributed by atoms with Gasteiger partial charge in [-0.3, -0.25) is 9.59 Å². The Morgan fingerprint density at radius 3 is 2.21 bits per heavy atom. The molecule has 1 aromatic carbocycles. The topological polar surface area (TPSA) is 101 Å². The number of nitrogens with one attached hydrogen (secondary N) is 2. The Morgan fingerprint density at radius 1 is 1.12 bits per heavy atom. The van der Waals surface area contributed by atoms with Crippen LogP contribution >= 0.6 is 15.9 Å². The molecule has 0 unspecified atom stereocenters. The highest BCUT2D eigenvalue weighted by molar-refractivity contribution is 9.10. The largest absolute Gasteiger partial charge is 0.369 e. The fourth-order valence-electron chi connectivity index (χ4n) is 2.15. The number of nitrogens with two attached hydrogens (primary N) is 1. The SMILES string of the molecule is CC(C)C[C@H](NC(=O)Nc1ccc(Br)cc1)C(=O)C[C@@H](C)C(N)=O. The average molecular weight is 398 g/mol. The van der Waals surface area contributed by atoms with Crippen LogP contribution in [0.15, 0.2) is 28.7 Å². The van der Waals surface area contributed by atoms with Crippen molar-refractivity contribution in [1.82, 2.24) is 5.32 Å². The van der Waals surface area contributed by atoms with Crippen LogP contribution in [0, 0.1) is 11.8 Å². The Morgan fingerprint density at radius 2 is 1.71 bits per heavy atom. The van der Waals surface area contributed by atoms with Crippen LogP contribution in [-0.4, -0.2) is 23.8 Å². The van der Waals surface area contributed by atoms with Gasteiger partial charge in [0.15, 0.2) is 5.78 Å². The first kappa shape index (κ1) is 20.2. The van der Waals surface area contributed by atoms with Gasteiger partial charge in [0.05, 0.1) is 6.04 Å². The number of anilines is 1. The summed E-state index contributed by atoms with van der Waals surface area (Å²) >= 11 is 3.32. The smallest absolute Gasteiger partial charge is 0.319 e. The van der Waals surface area contributed by atoms with Crippen LogP contribution in [-0.2, 0) is 9.59 Å². The molecule has 0 aliphatic heterocycles. The van der Waals surface area contributed by atoms with E-state index in [4.69, 9.17) is 5.73 Å². The van der Waals surface area contributed by atoms with Crippen LogP contribution in [0.1, 0.15) is 33.6 Å². The van der Waals surface area contributed by atoms with E-state index >= 15 is 0 Å². The van der Waals surface area contributed by atoms with Crippen molar-refractivity contribution < 1.29 is 14.4 Å². The van der Waals surface area contributed by atoms with Gasteiger partial charge in [0.2, 0.25) is 5.91 Å². The number of hydrogen-bond donors (Lipinski definition) is 3.